The molecule has 5 nitrogen and oxygen atoms in total. The number of anilines is 2. The Labute approximate surface area is 150 Å². The van der Waals surface area contributed by atoms with Crippen molar-refractivity contribution in [2.45, 2.75) is 23.4 Å². The Hall–Kier alpha value is -2.47. The van der Waals surface area contributed by atoms with E-state index in [0.29, 0.717) is 18.5 Å². The molecule has 2 heterocycles. The summed E-state index contributed by atoms with van der Waals surface area (Å²) in [6, 6.07) is 15.1. The van der Waals surface area contributed by atoms with Crippen molar-refractivity contribution in [1.82, 2.24) is 5.32 Å². The SMILES string of the molecule is CSc1ccccc1C(=O)NC1CC2C(=O)Nc3ccccc3N2C1. The average Bonchev–Trinajstić information content (AvgIpc) is 3.06. The maximum Gasteiger partial charge on any atom is 0.252 e. The Kier molecular flexibility index (Phi) is 4.13. The van der Waals surface area contributed by atoms with Crippen LogP contribution in [0.25, 0.3) is 0 Å². The molecule has 2 aliphatic rings. The van der Waals surface area contributed by atoms with Crippen LogP contribution >= 0.6 is 11.8 Å². The van der Waals surface area contributed by atoms with Gasteiger partial charge in [0.15, 0.2) is 0 Å². The number of benzene rings is 2. The average molecular weight is 353 g/mol. The molecule has 25 heavy (non-hydrogen) atoms. The molecule has 0 aliphatic carbocycles. The fourth-order valence-electron chi connectivity index (χ4n) is 3.60. The van der Waals surface area contributed by atoms with Crippen molar-refractivity contribution in [2.75, 3.05) is 23.0 Å². The van der Waals surface area contributed by atoms with Gasteiger partial charge in [0.2, 0.25) is 5.91 Å². The van der Waals surface area contributed by atoms with E-state index in [2.05, 4.69) is 15.5 Å². The number of para-hydroxylation sites is 2. The summed E-state index contributed by atoms with van der Waals surface area (Å²) in [5.41, 5.74) is 2.54. The van der Waals surface area contributed by atoms with E-state index >= 15 is 0 Å². The highest BCUT2D eigenvalue weighted by Crippen LogP contribution is 2.36. The number of nitrogens with one attached hydrogen (secondary N) is 2. The second kappa shape index (κ2) is 6.44. The lowest BCUT2D eigenvalue weighted by molar-refractivity contribution is -0.117. The smallest absolute Gasteiger partial charge is 0.252 e. The third-order valence-corrected chi connectivity index (χ3v) is 5.56. The maximum atomic E-state index is 12.7. The second-order valence-electron chi connectivity index (χ2n) is 6.28. The van der Waals surface area contributed by atoms with Crippen molar-refractivity contribution < 1.29 is 9.59 Å². The molecule has 2 aliphatic heterocycles. The Morgan fingerprint density at radius 1 is 1.20 bits per heavy atom. The summed E-state index contributed by atoms with van der Waals surface area (Å²) in [6.07, 6.45) is 2.58. The van der Waals surface area contributed by atoms with Gasteiger partial charge in [0.05, 0.1) is 16.9 Å². The molecule has 1 fully saturated rings. The maximum absolute atomic E-state index is 12.7. The minimum absolute atomic E-state index is 0.0000344. The number of carbonyl (C=O) groups excluding carboxylic acids is 2. The van der Waals surface area contributed by atoms with Gasteiger partial charge in [-0.1, -0.05) is 24.3 Å². The number of carbonyl (C=O) groups is 2. The highest BCUT2D eigenvalue weighted by molar-refractivity contribution is 7.98. The van der Waals surface area contributed by atoms with Crippen LogP contribution in [0.2, 0.25) is 0 Å². The van der Waals surface area contributed by atoms with E-state index in [0.717, 1.165) is 16.3 Å². The summed E-state index contributed by atoms with van der Waals surface area (Å²) >= 11 is 1.56. The van der Waals surface area contributed by atoms with E-state index in [1.54, 1.807) is 11.8 Å². The van der Waals surface area contributed by atoms with Crippen LogP contribution in [-0.2, 0) is 4.79 Å². The Morgan fingerprint density at radius 3 is 2.80 bits per heavy atom. The summed E-state index contributed by atoms with van der Waals surface area (Å²) in [6.45, 7) is 0.641. The van der Waals surface area contributed by atoms with Gasteiger partial charge >= 0.3 is 0 Å². The number of hydrogen-bond acceptors (Lipinski definition) is 4. The van der Waals surface area contributed by atoms with E-state index in [1.165, 1.54) is 0 Å². The fourth-order valence-corrected chi connectivity index (χ4v) is 4.19. The minimum Gasteiger partial charge on any atom is -0.356 e. The van der Waals surface area contributed by atoms with Gasteiger partial charge in [-0.05, 0) is 36.9 Å². The van der Waals surface area contributed by atoms with Crippen molar-refractivity contribution in [1.29, 1.82) is 0 Å². The highest BCUT2D eigenvalue weighted by atomic mass is 32.2. The normalized spacial score (nSPS) is 21.3. The molecular formula is C19H19N3O2S. The van der Waals surface area contributed by atoms with Gasteiger partial charge in [-0.25, -0.2) is 0 Å². The first-order valence-corrected chi connectivity index (χ1v) is 9.50. The minimum atomic E-state index is -0.226. The molecule has 0 radical (unpaired) electrons. The monoisotopic (exact) mass is 353 g/mol. The van der Waals surface area contributed by atoms with Crippen LogP contribution in [0.4, 0.5) is 11.4 Å². The highest BCUT2D eigenvalue weighted by Gasteiger charge is 2.41. The van der Waals surface area contributed by atoms with Crippen LogP contribution in [0.15, 0.2) is 53.4 Å². The molecule has 4 rings (SSSR count). The Bertz CT molecular complexity index is 839. The summed E-state index contributed by atoms with van der Waals surface area (Å²) in [4.78, 5) is 28.1. The van der Waals surface area contributed by atoms with Crippen molar-refractivity contribution in [3.05, 3.63) is 54.1 Å². The lowest BCUT2D eigenvalue weighted by Gasteiger charge is -2.32. The van der Waals surface area contributed by atoms with E-state index in [4.69, 9.17) is 0 Å². The molecule has 2 amide bonds. The van der Waals surface area contributed by atoms with Crippen molar-refractivity contribution in [3.8, 4) is 0 Å². The van der Waals surface area contributed by atoms with Crippen LogP contribution in [-0.4, -0.2) is 36.7 Å². The standard InChI is InChI=1S/C19H19N3O2S/c1-25-17-9-5-2-6-13(17)18(23)20-12-10-16-19(24)21-14-7-3-4-8-15(14)22(16)11-12/h2-9,12,16H,10-11H2,1H3,(H,20,23)(H,21,24). The fraction of sp³-hybridized carbons (Fsp3) is 0.263. The topological polar surface area (TPSA) is 61.4 Å². The molecule has 128 valence electrons. The molecule has 0 bridgehead atoms. The molecule has 2 atom stereocenters. The molecule has 0 aromatic heterocycles. The number of hydrogen-bond donors (Lipinski definition) is 2. The number of amides is 2. The summed E-state index contributed by atoms with van der Waals surface area (Å²) in [7, 11) is 0. The first-order valence-electron chi connectivity index (χ1n) is 8.28. The van der Waals surface area contributed by atoms with Crippen molar-refractivity contribution >= 4 is 35.0 Å². The number of rotatable bonds is 3. The predicted octanol–water partition coefficient (Wildman–Crippen LogP) is 2.74. The molecule has 6 heteroatoms. The van der Waals surface area contributed by atoms with Crippen LogP contribution in [0, 0.1) is 0 Å². The summed E-state index contributed by atoms with van der Waals surface area (Å²) in [5.74, 6) is -0.0801. The zero-order chi connectivity index (χ0) is 17.4. The molecular weight excluding hydrogens is 334 g/mol. The molecule has 2 unspecified atom stereocenters. The number of nitrogens with zero attached hydrogens (tertiary/aromatic N) is 1. The van der Waals surface area contributed by atoms with Gasteiger partial charge in [0.25, 0.3) is 5.91 Å². The van der Waals surface area contributed by atoms with E-state index in [-0.39, 0.29) is 23.9 Å². The largest absolute Gasteiger partial charge is 0.356 e. The van der Waals surface area contributed by atoms with Gasteiger partial charge < -0.3 is 15.5 Å². The first-order chi connectivity index (χ1) is 12.2. The molecule has 2 aromatic rings. The Balaban J connectivity index is 1.53. The third-order valence-electron chi connectivity index (χ3n) is 4.76. The zero-order valence-electron chi connectivity index (χ0n) is 13.9. The van der Waals surface area contributed by atoms with Crippen LogP contribution < -0.4 is 15.5 Å². The summed E-state index contributed by atoms with van der Waals surface area (Å²) < 4.78 is 0. The predicted molar refractivity (Wildman–Crippen MR) is 100 cm³/mol. The molecule has 2 aromatic carbocycles. The lowest BCUT2D eigenvalue weighted by atomic mass is 10.1. The van der Waals surface area contributed by atoms with Gasteiger partial charge in [-0.2, -0.15) is 0 Å². The Morgan fingerprint density at radius 2 is 1.96 bits per heavy atom. The molecule has 0 saturated carbocycles. The molecule has 0 spiro atoms. The quantitative estimate of drug-likeness (QED) is 0.833. The van der Waals surface area contributed by atoms with E-state index in [9.17, 15) is 9.59 Å². The van der Waals surface area contributed by atoms with Crippen molar-refractivity contribution in [2.24, 2.45) is 0 Å². The number of fused-ring (bicyclic) bond motifs is 3. The van der Waals surface area contributed by atoms with Crippen molar-refractivity contribution in [3.63, 3.8) is 0 Å². The zero-order valence-corrected chi connectivity index (χ0v) is 14.7. The first kappa shape index (κ1) is 16.0. The van der Waals surface area contributed by atoms with Gasteiger partial charge in [-0.15, -0.1) is 11.8 Å². The van der Waals surface area contributed by atoms with Gasteiger partial charge in [-0.3, -0.25) is 9.59 Å². The van der Waals surface area contributed by atoms with Gasteiger partial charge in [0, 0.05) is 17.5 Å². The molecule has 2 N–H and O–H groups in total. The summed E-state index contributed by atoms with van der Waals surface area (Å²) in [5, 5.41) is 6.06. The molecule has 1 saturated heterocycles. The lowest BCUT2D eigenvalue weighted by Crippen LogP contribution is -2.44. The second-order valence-corrected chi connectivity index (χ2v) is 7.13. The van der Waals surface area contributed by atoms with Crippen LogP contribution in [0.1, 0.15) is 16.8 Å². The third kappa shape index (κ3) is 2.87. The van der Waals surface area contributed by atoms with Gasteiger partial charge in [0.1, 0.15) is 6.04 Å². The van der Waals surface area contributed by atoms with E-state index < -0.39 is 0 Å². The van der Waals surface area contributed by atoms with Crippen LogP contribution in [0.3, 0.4) is 0 Å². The number of thioether (sulfide) groups is 1. The van der Waals surface area contributed by atoms with Crippen LogP contribution in [0.5, 0.6) is 0 Å². The van der Waals surface area contributed by atoms with E-state index in [1.807, 2.05) is 54.8 Å².